The predicted molar refractivity (Wildman–Crippen MR) is 251 cm³/mol. The van der Waals surface area contributed by atoms with Gasteiger partial charge >= 0.3 is 0 Å². The lowest BCUT2D eigenvalue weighted by molar-refractivity contribution is -0.258. The molecule has 0 saturated heterocycles. The fourth-order valence-electron chi connectivity index (χ4n) is 10.2. The molecule has 1 fully saturated rings. The van der Waals surface area contributed by atoms with Gasteiger partial charge in [-0.1, -0.05) is 94.5 Å². The van der Waals surface area contributed by atoms with Crippen LogP contribution in [0, 0.1) is 24.7 Å². The molecule has 12 heteroatoms. The van der Waals surface area contributed by atoms with Crippen molar-refractivity contribution in [1.29, 1.82) is 0 Å². The van der Waals surface area contributed by atoms with Gasteiger partial charge in [-0.05, 0) is 93.7 Å². The highest BCUT2D eigenvalue weighted by atomic mass is 16.7. The molecule has 3 N–H and O–H groups in total. The van der Waals surface area contributed by atoms with E-state index >= 15 is 0 Å². The van der Waals surface area contributed by atoms with Crippen LogP contribution in [0.1, 0.15) is 146 Å². The second kappa shape index (κ2) is 27.6. The average molecular weight is 890 g/mol. The topological polar surface area (TPSA) is 152 Å². The van der Waals surface area contributed by atoms with Crippen LogP contribution in [0.4, 0.5) is 0 Å². The first kappa shape index (κ1) is 51.2. The largest absolute Gasteiger partial charge is 0.487 e. The molecule has 356 valence electrons. The summed E-state index contributed by atoms with van der Waals surface area (Å²) in [5.74, 6) is -0.357. The van der Waals surface area contributed by atoms with E-state index < -0.39 is 17.7 Å². The lowest BCUT2D eigenvalue weighted by atomic mass is 9.55. The summed E-state index contributed by atoms with van der Waals surface area (Å²) in [5.41, 5.74) is 4.52. The van der Waals surface area contributed by atoms with Crippen LogP contribution in [0.3, 0.4) is 0 Å². The molecule has 0 spiro atoms. The van der Waals surface area contributed by atoms with E-state index in [0.717, 1.165) is 73.2 Å². The summed E-state index contributed by atoms with van der Waals surface area (Å²) < 4.78 is 26.9. The molecule has 1 aromatic carbocycles. The highest BCUT2D eigenvalue weighted by Crippen LogP contribution is 2.62. The number of hydrogen-bond acceptors (Lipinski definition) is 11. The Balaban J connectivity index is 1.62. The van der Waals surface area contributed by atoms with Gasteiger partial charge in [0.15, 0.2) is 0 Å². The fourth-order valence-corrected chi connectivity index (χ4v) is 10.2. The number of nitrogens with zero attached hydrogens (tertiary/aromatic N) is 3. The van der Waals surface area contributed by atoms with Crippen LogP contribution in [0.5, 0.6) is 11.5 Å². The van der Waals surface area contributed by atoms with E-state index in [4.69, 9.17) is 28.9 Å². The Labute approximate surface area is 383 Å². The molecular weight excluding hydrogens is 811 g/mol. The van der Waals surface area contributed by atoms with Crippen LogP contribution in [-0.4, -0.2) is 101 Å². The van der Waals surface area contributed by atoms with Crippen LogP contribution in [0.2, 0.25) is 0 Å². The number of carbonyl (C=O) groups excluding carboxylic acids is 1. The fraction of sp³-hybridized carbons (Fsp3) is 0.673. The van der Waals surface area contributed by atoms with Gasteiger partial charge in [0.05, 0.1) is 43.8 Å². The second-order valence-corrected chi connectivity index (χ2v) is 17.8. The van der Waals surface area contributed by atoms with Crippen molar-refractivity contribution >= 4 is 11.6 Å². The average Bonchev–Trinajstić information content (AvgIpc) is 3.30. The van der Waals surface area contributed by atoms with Crippen LogP contribution in [0.25, 0.3) is 0 Å². The first-order valence-electron chi connectivity index (χ1n) is 24.6. The van der Waals surface area contributed by atoms with Gasteiger partial charge in [0.25, 0.3) is 0 Å². The minimum Gasteiger partial charge on any atom is -0.487 e. The lowest BCUT2D eigenvalue weighted by Gasteiger charge is -2.60. The number of fused-ring (bicyclic) bond motifs is 2. The monoisotopic (exact) mass is 890 g/mol. The Morgan fingerprint density at radius 1 is 0.938 bits per heavy atom. The Hall–Kier alpha value is -3.81. The number of rotatable bonds is 32. The summed E-state index contributed by atoms with van der Waals surface area (Å²) in [5, 5.41) is 34.3. The summed E-state index contributed by atoms with van der Waals surface area (Å²) in [4.78, 5) is 27.3. The molecule has 2 aliphatic carbocycles. The number of ether oxygens (including phenoxy) is 4. The number of aliphatic hydroxyl groups is 3. The van der Waals surface area contributed by atoms with Crippen molar-refractivity contribution < 1.29 is 43.9 Å². The van der Waals surface area contributed by atoms with E-state index in [1.54, 1.807) is 6.08 Å². The number of hydrogen-bond donors (Lipinski definition) is 3. The normalized spacial score (nSPS) is 22.9. The Bertz CT molecular complexity index is 1770. The van der Waals surface area contributed by atoms with Gasteiger partial charge in [0.2, 0.25) is 11.7 Å². The summed E-state index contributed by atoms with van der Waals surface area (Å²) in [6.07, 6.45) is 19.9. The van der Waals surface area contributed by atoms with E-state index in [0.29, 0.717) is 50.4 Å². The van der Waals surface area contributed by atoms with Gasteiger partial charge in [0.1, 0.15) is 30.8 Å². The zero-order valence-electron chi connectivity index (χ0n) is 39.2. The molecule has 3 aliphatic rings. The summed E-state index contributed by atoms with van der Waals surface area (Å²) in [7, 11) is 0. The number of allylic oxidation sites excluding steroid dienone is 1. The molecule has 1 aliphatic heterocycles. The molecule has 12 nitrogen and oxygen atoms in total. The van der Waals surface area contributed by atoms with Crippen molar-refractivity contribution in [3.63, 3.8) is 0 Å². The highest BCUT2D eigenvalue weighted by molar-refractivity contribution is 6.03. The molecule has 0 bridgehead atoms. The van der Waals surface area contributed by atoms with Crippen LogP contribution in [-0.2, 0) is 25.7 Å². The van der Waals surface area contributed by atoms with Crippen molar-refractivity contribution in [3.05, 3.63) is 77.7 Å². The quantitative estimate of drug-likeness (QED) is 0.0368. The Morgan fingerprint density at radius 3 is 2.39 bits per heavy atom. The number of pyridine rings is 1. The number of aryl methyl sites for hydroxylation is 1. The number of benzene rings is 1. The van der Waals surface area contributed by atoms with E-state index in [-0.39, 0.29) is 69.8 Å². The third-order valence-corrected chi connectivity index (χ3v) is 13.2. The molecule has 1 amide bonds. The number of amides is 1. The van der Waals surface area contributed by atoms with E-state index in [9.17, 15) is 20.1 Å². The molecule has 2 heterocycles. The van der Waals surface area contributed by atoms with Gasteiger partial charge in [-0.15, -0.1) is 6.58 Å². The van der Waals surface area contributed by atoms with Crippen molar-refractivity contribution in [1.82, 2.24) is 9.88 Å². The second-order valence-electron chi connectivity index (χ2n) is 17.8. The van der Waals surface area contributed by atoms with Gasteiger partial charge in [-0.25, -0.2) is 0 Å². The molecule has 1 saturated carbocycles. The third-order valence-electron chi connectivity index (χ3n) is 13.2. The SMILES string of the molecule is C=CCO[C@@]12Oc3ccc(OCc4cccc(C)n4)cc3[C@H]3[C@H](CCCCO)[C@@H](CCCCO)C=C(C(=NOCC)C[C@@H]1N(CCOCCO)C(=O)CCCCCCCCCCC)[C@H]32. The van der Waals surface area contributed by atoms with Crippen molar-refractivity contribution in [2.45, 2.75) is 154 Å². The molecule has 64 heavy (non-hydrogen) atoms. The Morgan fingerprint density at radius 2 is 1.69 bits per heavy atom. The van der Waals surface area contributed by atoms with Crippen molar-refractivity contribution in [3.8, 4) is 11.5 Å². The van der Waals surface area contributed by atoms with Crippen LogP contribution < -0.4 is 9.47 Å². The number of aromatic nitrogens is 1. The number of oxime groups is 1. The van der Waals surface area contributed by atoms with Crippen LogP contribution in [0.15, 0.2) is 65.9 Å². The first-order chi connectivity index (χ1) is 31.3. The number of carbonyl (C=O) groups is 1. The zero-order valence-corrected chi connectivity index (χ0v) is 39.2. The van der Waals surface area contributed by atoms with E-state index in [2.05, 4.69) is 30.6 Å². The third kappa shape index (κ3) is 13.9. The van der Waals surface area contributed by atoms with Gasteiger partial charge in [-0.3, -0.25) is 9.78 Å². The summed E-state index contributed by atoms with van der Waals surface area (Å²) in [6.45, 7) is 11.8. The van der Waals surface area contributed by atoms with Crippen molar-refractivity contribution in [2.75, 3.05) is 52.8 Å². The minimum atomic E-state index is -1.35. The number of unbranched alkanes of at least 4 members (excludes halogenated alkanes) is 10. The molecule has 0 radical (unpaired) electrons. The predicted octanol–water partition coefficient (Wildman–Crippen LogP) is 9.38. The first-order valence-corrected chi connectivity index (χ1v) is 24.6. The summed E-state index contributed by atoms with van der Waals surface area (Å²) in [6, 6.07) is 11.3. The van der Waals surface area contributed by atoms with E-state index in [1.807, 2.05) is 49.1 Å². The lowest BCUT2D eigenvalue weighted by Crippen LogP contribution is -2.70. The minimum absolute atomic E-state index is 0.00181. The zero-order chi connectivity index (χ0) is 45.6. The molecule has 5 rings (SSSR count). The van der Waals surface area contributed by atoms with Gasteiger partial charge in [-0.2, -0.15) is 0 Å². The standard InChI is InChI=1S/C52H79N3O9/c1-5-8-9-10-11-12-13-14-15-25-49(59)55(28-33-60-34-31-58)48-37-46(54-63-7-3)44-35-40(22-16-18-29-56)43(24-17-19-30-57)50-45-36-42(61-38-41-23-20-21-39(4)53-41)26-27-47(45)64-52(48,51(44)50)62-32-6-2/h6,20-21,23,26-27,35-36,40,43,48,50-51,56-58H,2,5,7-19,22,24-25,28-34,37-38H2,1,3-4H3/t40-,43+,48-,50+,51+,52+/m0/s1. The van der Waals surface area contributed by atoms with Gasteiger partial charge in [0, 0.05) is 49.8 Å². The molecular formula is C52H79N3O9. The molecule has 6 atom stereocenters. The highest BCUT2D eigenvalue weighted by Gasteiger charge is 2.65. The molecule has 1 aromatic heterocycles. The van der Waals surface area contributed by atoms with Gasteiger partial charge < -0.3 is 44.0 Å². The molecule has 2 aromatic rings. The maximum atomic E-state index is 14.8. The maximum absolute atomic E-state index is 14.8. The number of aliphatic hydroxyl groups excluding tert-OH is 3. The van der Waals surface area contributed by atoms with Crippen molar-refractivity contribution in [2.24, 2.45) is 22.9 Å². The molecule has 0 unspecified atom stereocenters. The van der Waals surface area contributed by atoms with Crippen LogP contribution >= 0.6 is 0 Å². The smallest absolute Gasteiger partial charge is 0.239 e. The summed E-state index contributed by atoms with van der Waals surface area (Å²) >= 11 is 0. The maximum Gasteiger partial charge on any atom is 0.239 e. The van der Waals surface area contributed by atoms with E-state index in [1.165, 1.54) is 38.5 Å². The Kier molecular flexibility index (Phi) is 22.1.